The van der Waals surface area contributed by atoms with Crippen molar-refractivity contribution in [3.8, 4) is 0 Å². The van der Waals surface area contributed by atoms with E-state index in [0.29, 0.717) is 10.5 Å². The van der Waals surface area contributed by atoms with E-state index in [0.717, 1.165) is 0 Å². The van der Waals surface area contributed by atoms with E-state index in [1.54, 1.807) is 30.3 Å². The van der Waals surface area contributed by atoms with E-state index in [1.807, 2.05) is 0 Å². The Balaban J connectivity index is 2.34. The molecule has 1 aliphatic rings. The summed E-state index contributed by atoms with van der Waals surface area (Å²) in [5.41, 5.74) is 0.468. The highest BCUT2D eigenvalue weighted by atomic mass is 16.6. The second-order valence-corrected chi connectivity index (χ2v) is 4.14. The van der Waals surface area contributed by atoms with Gasteiger partial charge in [0.15, 0.2) is 6.04 Å². The van der Waals surface area contributed by atoms with Crippen LogP contribution in [0.2, 0.25) is 0 Å². The monoisotopic (exact) mass is 261 g/mol. The van der Waals surface area contributed by atoms with Crippen LogP contribution in [0.15, 0.2) is 30.3 Å². The molecule has 98 valence electrons. The number of esters is 1. The van der Waals surface area contributed by atoms with Gasteiger partial charge in [0.25, 0.3) is 0 Å². The first-order valence-corrected chi connectivity index (χ1v) is 5.63. The van der Waals surface area contributed by atoms with E-state index < -0.39 is 30.4 Å². The molecule has 1 aromatic rings. The molecule has 0 N–H and O–H groups in total. The second kappa shape index (κ2) is 5.01. The number of imide groups is 1. The molecule has 0 saturated carbocycles. The van der Waals surface area contributed by atoms with Gasteiger partial charge >= 0.3 is 12.1 Å². The summed E-state index contributed by atoms with van der Waals surface area (Å²) >= 11 is 0. The van der Waals surface area contributed by atoms with E-state index in [9.17, 15) is 19.2 Å². The maximum Gasteiger partial charge on any atom is 0.425 e. The van der Waals surface area contributed by atoms with Gasteiger partial charge in [-0.15, -0.1) is 0 Å². The molecule has 0 bridgehead atoms. The normalized spacial score (nSPS) is 18.4. The van der Waals surface area contributed by atoms with Crippen molar-refractivity contribution in [2.75, 3.05) is 0 Å². The van der Waals surface area contributed by atoms with Crippen molar-refractivity contribution < 1.29 is 23.9 Å². The lowest BCUT2D eigenvalue weighted by Gasteiger charge is -2.17. The molecule has 0 aromatic heterocycles. The molecule has 1 heterocycles. The first-order chi connectivity index (χ1) is 9.00. The zero-order chi connectivity index (χ0) is 14.0. The number of nitrogens with zero attached hydrogens (tertiary/aromatic N) is 1. The summed E-state index contributed by atoms with van der Waals surface area (Å²) in [6, 6.07) is 7.21. The number of rotatable bonds is 3. The minimum atomic E-state index is -1.11. The maximum absolute atomic E-state index is 11.8. The van der Waals surface area contributed by atoms with Gasteiger partial charge in [0.05, 0.1) is 6.42 Å². The van der Waals surface area contributed by atoms with Gasteiger partial charge in [-0.1, -0.05) is 30.3 Å². The van der Waals surface area contributed by atoms with Gasteiger partial charge in [-0.05, 0) is 12.5 Å². The number of carbonyl (C=O) groups excluding carboxylic acids is 4. The van der Waals surface area contributed by atoms with Crippen LogP contribution in [-0.2, 0) is 19.1 Å². The molecule has 6 heteroatoms. The highest BCUT2D eigenvalue weighted by Gasteiger charge is 2.45. The fraction of sp³-hybridized carbons (Fsp3) is 0.231. The molecule has 1 aromatic carbocycles. The van der Waals surface area contributed by atoms with E-state index in [1.165, 1.54) is 6.92 Å². The van der Waals surface area contributed by atoms with Crippen LogP contribution in [0.25, 0.3) is 0 Å². The molecule has 6 nitrogen and oxygen atoms in total. The molecular weight excluding hydrogens is 250 g/mol. The number of hydrogen-bond donors (Lipinski definition) is 0. The Hall–Kier alpha value is -2.50. The SMILES string of the molecule is CC(=O)CC(=O)N1C(=O)OC(=O)[C@H]1c1ccccc1. The van der Waals surface area contributed by atoms with Gasteiger partial charge in [-0.2, -0.15) is 0 Å². The highest BCUT2D eigenvalue weighted by Crippen LogP contribution is 2.29. The van der Waals surface area contributed by atoms with Gasteiger partial charge < -0.3 is 4.74 Å². The van der Waals surface area contributed by atoms with Crippen molar-refractivity contribution in [2.24, 2.45) is 0 Å². The van der Waals surface area contributed by atoms with Gasteiger partial charge in [0, 0.05) is 0 Å². The summed E-state index contributed by atoms with van der Waals surface area (Å²) in [5.74, 6) is -1.94. The number of benzene rings is 1. The molecule has 2 rings (SSSR count). The zero-order valence-electron chi connectivity index (χ0n) is 10.2. The Kier molecular flexibility index (Phi) is 3.41. The van der Waals surface area contributed by atoms with E-state index >= 15 is 0 Å². The van der Waals surface area contributed by atoms with E-state index in [2.05, 4.69) is 4.74 Å². The van der Waals surface area contributed by atoms with Gasteiger partial charge in [-0.3, -0.25) is 9.59 Å². The summed E-state index contributed by atoms with van der Waals surface area (Å²) in [6.07, 6.45) is -1.48. The zero-order valence-corrected chi connectivity index (χ0v) is 10.2. The Labute approximate surface area is 108 Å². The lowest BCUT2D eigenvalue weighted by molar-refractivity contribution is -0.139. The van der Waals surface area contributed by atoms with E-state index in [4.69, 9.17) is 0 Å². The smallest absolute Gasteiger partial charge is 0.374 e. The van der Waals surface area contributed by atoms with Crippen LogP contribution < -0.4 is 0 Å². The number of hydrogen-bond acceptors (Lipinski definition) is 5. The Bertz CT molecular complexity index is 551. The predicted molar refractivity (Wildman–Crippen MR) is 62.8 cm³/mol. The topological polar surface area (TPSA) is 80.8 Å². The van der Waals surface area contributed by atoms with Gasteiger partial charge in [-0.25, -0.2) is 14.5 Å². The lowest BCUT2D eigenvalue weighted by Crippen LogP contribution is -2.35. The Morgan fingerprint density at radius 3 is 2.42 bits per heavy atom. The largest absolute Gasteiger partial charge is 0.425 e. The molecule has 1 aliphatic heterocycles. The van der Waals surface area contributed by atoms with Crippen LogP contribution in [0.3, 0.4) is 0 Å². The molecule has 1 fully saturated rings. The summed E-state index contributed by atoms with van der Waals surface area (Å²) in [4.78, 5) is 46.7. The van der Waals surface area contributed by atoms with Crippen LogP contribution in [-0.4, -0.2) is 28.7 Å². The number of amides is 2. The van der Waals surface area contributed by atoms with Crippen LogP contribution in [0.5, 0.6) is 0 Å². The van der Waals surface area contributed by atoms with Crippen molar-refractivity contribution in [2.45, 2.75) is 19.4 Å². The molecule has 0 aliphatic carbocycles. The minimum absolute atomic E-state index is 0.385. The first kappa shape index (κ1) is 12.9. The average Bonchev–Trinajstić information content (AvgIpc) is 2.64. The summed E-state index contributed by atoms with van der Waals surface area (Å²) in [6.45, 7) is 1.23. The number of ether oxygens (including phenoxy) is 1. The second-order valence-electron chi connectivity index (χ2n) is 4.14. The van der Waals surface area contributed by atoms with E-state index in [-0.39, 0.29) is 5.78 Å². The lowest BCUT2D eigenvalue weighted by atomic mass is 10.1. The standard InChI is InChI=1S/C13H11NO5/c1-8(15)7-10(16)14-11(12(17)19-13(14)18)9-5-3-2-4-6-9/h2-6,11H,7H2,1H3/t11-/m1/s1. The number of cyclic esters (lactones) is 2. The third kappa shape index (κ3) is 2.52. The van der Waals surface area contributed by atoms with Crippen molar-refractivity contribution in [1.82, 2.24) is 4.90 Å². The highest BCUT2D eigenvalue weighted by molar-refractivity contribution is 6.10. The number of ketones is 1. The van der Waals surface area contributed by atoms with Crippen LogP contribution in [0, 0.1) is 0 Å². The van der Waals surface area contributed by atoms with Gasteiger partial charge in [0.2, 0.25) is 5.91 Å². The van der Waals surface area contributed by atoms with Crippen molar-refractivity contribution in [3.05, 3.63) is 35.9 Å². The average molecular weight is 261 g/mol. The molecule has 0 radical (unpaired) electrons. The fourth-order valence-corrected chi connectivity index (χ4v) is 1.87. The van der Waals surface area contributed by atoms with Crippen LogP contribution >= 0.6 is 0 Å². The van der Waals surface area contributed by atoms with Crippen LogP contribution in [0.4, 0.5) is 4.79 Å². The van der Waals surface area contributed by atoms with Crippen molar-refractivity contribution >= 4 is 23.8 Å². The predicted octanol–water partition coefficient (Wildman–Crippen LogP) is 1.21. The molecule has 1 saturated heterocycles. The molecule has 19 heavy (non-hydrogen) atoms. The number of Topliss-reactive ketones (excluding diaryl/α,β-unsaturated/α-hetero) is 1. The number of carbonyl (C=O) groups is 4. The molecule has 2 amide bonds. The Morgan fingerprint density at radius 2 is 1.84 bits per heavy atom. The molecule has 1 atom stereocenters. The van der Waals surface area contributed by atoms with Crippen LogP contribution in [0.1, 0.15) is 24.9 Å². The van der Waals surface area contributed by atoms with Gasteiger partial charge in [0.1, 0.15) is 5.78 Å². The van der Waals surface area contributed by atoms with Crippen molar-refractivity contribution in [1.29, 1.82) is 0 Å². The van der Waals surface area contributed by atoms with Crippen molar-refractivity contribution in [3.63, 3.8) is 0 Å². The molecule has 0 spiro atoms. The third-order valence-corrected chi connectivity index (χ3v) is 2.65. The summed E-state index contributed by atoms with van der Waals surface area (Å²) in [5, 5.41) is 0. The quantitative estimate of drug-likeness (QED) is 0.603. The summed E-state index contributed by atoms with van der Waals surface area (Å²) < 4.78 is 4.46. The minimum Gasteiger partial charge on any atom is -0.374 e. The molecular formula is C13H11NO5. The summed E-state index contributed by atoms with van der Waals surface area (Å²) in [7, 11) is 0. The Morgan fingerprint density at radius 1 is 1.21 bits per heavy atom. The molecule has 0 unspecified atom stereocenters. The maximum atomic E-state index is 11.8. The third-order valence-electron chi connectivity index (χ3n) is 2.65. The first-order valence-electron chi connectivity index (χ1n) is 5.63. The fourth-order valence-electron chi connectivity index (χ4n) is 1.87.